The Balaban J connectivity index is 1.32. The summed E-state index contributed by atoms with van der Waals surface area (Å²) in [4.78, 5) is 9.91. The Hall–Kier alpha value is -3.03. The Labute approximate surface area is 179 Å². The van der Waals surface area contributed by atoms with Crippen LogP contribution in [0.1, 0.15) is 12.0 Å². The lowest BCUT2D eigenvalue weighted by molar-refractivity contribution is 0.766. The number of thiophene rings is 1. The second kappa shape index (κ2) is 9.45. The molecular formula is C22H21N5S2. The molecule has 5 nitrogen and oxygen atoms in total. The van der Waals surface area contributed by atoms with Crippen molar-refractivity contribution in [3.63, 3.8) is 0 Å². The van der Waals surface area contributed by atoms with E-state index in [0.717, 1.165) is 40.3 Å². The van der Waals surface area contributed by atoms with Crippen LogP contribution in [0.2, 0.25) is 0 Å². The van der Waals surface area contributed by atoms with Crippen molar-refractivity contribution in [2.45, 2.75) is 12.8 Å². The topological polar surface area (TPSA) is 61.9 Å². The van der Waals surface area contributed by atoms with Gasteiger partial charge >= 0.3 is 0 Å². The summed E-state index contributed by atoms with van der Waals surface area (Å²) < 4.78 is 0.991. The molecule has 146 valence electrons. The molecule has 0 aliphatic heterocycles. The molecule has 2 aromatic carbocycles. The van der Waals surface area contributed by atoms with Crippen LogP contribution in [0.25, 0.3) is 20.7 Å². The standard InChI is InChI=1S/C22H21N5S2/c28-22(23-13-7-10-16-8-3-1-4-9-16)27-26-21-20-18(24-15-25-21)14-19(29-20)17-11-5-2-6-12-17/h1-6,8-9,11-12,14-15H,7,10,13H2,(H2,23,27,28)(H,24,25,26). The van der Waals surface area contributed by atoms with Crippen molar-refractivity contribution in [1.82, 2.24) is 20.7 Å². The first kappa shape index (κ1) is 19.3. The van der Waals surface area contributed by atoms with Crippen LogP contribution >= 0.6 is 23.6 Å². The fourth-order valence-corrected chi connectivity index (χ4v) is 4.20. The zero-order valence-electron chi connectivity index (χ0n) is 15.8. The molecule has 0 fully saturated rings. The molecule has 0 bridgehead atoms. The largest absolute Gasteiger partial charge is 0.361 e. The van der Waals surface area contributed by atoms with E-state index in [4.69, 9.17) is 12.2 Å². The quantitative estimate of drug-likeness (QED) is 0.228. The van der Waals surface area contributed by atoms with Gasteiger partial charge in [-0.3, -0.25) is 10.9 Å². The molecule has 4 rings (SSSR count). The molecule has 0 unspecified atom stereocenters. The number of fused-ring (bicyclic) bond motifs is 1. The zero-order valence-corrected chi connectivity index (χ0v) is 17.4. The van der Waals surface area contributed by atoms with Gasteiger partial charge in [0.05, 0.1) is 10.2 Å². The maximum absolute atomic E-state index is 5.36. The lowest BCUT2D eigenvalue weighted by atomic mass is 10.1. The van der Waals surface area contributed by atoms with Gasteiger partial charge in [-0.05, 0) is 42.3 Å². The van der Waals surface area contributed by atoms with Crippen LogP contribution in [-0.4, -0.2) is 21.6 Å². The monoisotopic (exact) mass is 419 g/mol. The summed E-state index contributed by atoms with van der Waals surface area (Å²) >= 11 is 7.02. The molecule has 0 amide bonds. The first-order valence-electron chi connectivity index (χ1n) is 9.43. The number of nitrogens with zero attached hydrogens (tertiary/aromatic N) is 2. The van der Waals surface area contributed by atoms with Crippen LogP contribution in [-0.2, 0) is 6.42 Å². The molecule has 7 heteroatoms. The lowest BCUT2D eigenvalue weighted by Crippen LogP contribution is -2.39. The summed E-state index contributed by atoms with van der Waals surface area (Å²) in [7, 11) is 0. The maximum atomic E-state index is 5.36. The number of benzene rings is 2. The summed E-state index contributed by atoms with van der Waals surface area (Å²) in [6.07, 6.45) is 3.59. The van der Waals surface area contributed by atoms with Crippen LogP contribution in [0.5, 0.6) is 0 Å². The van der Waals surface area contributed by atoms with Crippen molar-refractivity contribution in [2.75, 3.05) is 12.0 Å². The van der Waals surface area contributed by atoms with Gasteiger partial charge in [0.2, 0.25) is 0 Å². The number of anilines is 1. The van der Waals surface area contributed by atoms with Gasteiger partial charge in [0.1, 0.15) is 6.33 Å². The SMILES string of the molecule is S=C(NCCCc1ccccc1)NNc1ncnc2cc(-c3ccccc3)sc12. The Morgan fingerprint density at radius 3 is 2.52 bits per heavy atom. The van der Waals surface area contributed by atoms with E-state index in [0.29, 0.717) is 5.11 Å². The molecular weight excluding hydrogens is 398 g/mol. The number of nitrogens with one attached hydrogen (secondary N) is 3. The highest BCUT2D eigenvalue weighted by Gasteiger charge is 2.10. The van der Waals surface area contributed by atoms with E-state index < -0.39 is 0 Å². The van der Waals surface area contributed by atoms with Gasteiger partial charge in [-0.25, -0.2) is 9.97 Å². The third-order valence-electron chi connectivity index (χ3n) is 4.43. The summed E-state index contributed by atoms with van der Waals surface area (Å²) in [5.74, 6) is 0.718. The molecule has 0 radical (unpaired) electrons. The molecule has 0 spiro atoms. The smallest absolute Gasteiger partial charge is 0.185 e. The van der Waals surface area contributed by atoms with E-state index in [9.17, 15) is 0 Å². The molecule has 0 aliphatic rings. The Morgan fingerprint density at radius 1 is 0.966 bits per heavy atom. The molecule has 0 aliphatic carbocycles. The van der Waals surface area contributed by atoms with Crippen molar-refractivity contribution in [2.24, 2.45) is 0 Å². The van der Waals surface area contributed by atoms with Crippen molar-refractivity contribution in [1.29, 1.82) is 0 Å². The average molecular weight is 420 g/mol. The third kappa shape index (κ3) is 5.07. The Bertz CT molecular complexity index is 1080. The molecule has 2 aromatic heterocycles. The summed E-state index contributed by atoms with van der Waals surface area (Å²) in [5.41, 5.74) is 9.56. The van der Waals surface area contributed by atoms with Crippen molar-refractivity contribution < 1.29 is 0 Å². The number of rotatable bonds is 7. The number of hydrogen-bond donors (Lipinski definition) is 3. The zero-order chi connectivity index (χ0) is 19.9. The van der Waals surface area contributed by atoms with Crippen LogP contribution in [0, 0.1) is 0 Å². The number of aryl methyl sites for hydroxylation is 1. The predicted molar refractivity (Wildman–Crippen MR) is 125 cm³/mol. The summed E-state index contributed by atoms with van der Waals surface area (Å²) in [6, 6.07) is 22.8. The fourth-order valence-electron chi connectivity index (χ4n) is 2.99. The number of hydrogen-bond acceptors (Lipinski definition) is 5. The van der Waals surface area contributed by atoms with Gasteiger partial charge in [0.15, 0.2) is 10.9 Å². The van der Waals surface area contributed by atoms with Crippen LogP contribution < -0.4 is 16.2 Å². The molecule has 3 N–H and O–H groups in total. The van der Waals surface area contributed by atoms with Crippen molar-refractivity contribution in [3.8, 4) is 10.4 Å². The Morgan fingerprint density at radius 2 is 1.72 bits per heavy atom. The number of thiocarbonyl (C=S) groups is 1. The van der Waals surface area contributed by atoms with Crippen LogP contribution in [0.4, 0.5) is 5.82 Å². The maximum Gasteiger partial charge on any atom is 0.185 e. The van der Waals surface area contributed by atoms with Gasteiger partial charge in [-0.1, -0.05) is 60.7 Å². The molecule has 29 heavy (non-hydrogen) atoms. The van der Waals surface area contributed by atoms with E-state index >= 15 is 0 Å². The van der Waals surface area contributed by atoms with Gasteiger partial charge in [0.25, 0.3) is 0 Å². The van der Waals surface area contributed by atoms with Gasteiger partial charge in [-0.15, -0.1) is 11.3 Å². The lowest BCUT2D eigenvalue weighted by Gasteiger charge is -2.12. The first-order valence-corrected chi connectivity index (χ1v) is 10.7. The minimum Gasteiger partial charge on any atom is -0.361 e. The average Bonchev–Trinajstić information content (AvgIpc) is 3.22. The summed E-state index contributed by atoms with van der Waals surface area (Å²) in [5, 5.41) is 3.77. The van der Waals surface area contributed by atoms with Crippen LogP contribution in [0.3, 0.4) is 0 Å². The van der Waals surface area contributed by atoms with Crippen LogP contribution in [0.15, 0.2) is 73.1 Å². The minimum atomic E-state index is 0.546. The summed E-state index contributed by atoms with van der Waals surface area (Å²) in [6.45, 7) is 0.804. The first-order chi connectivity index (χ1) is 14.3. The Kier molecular flexibility index (Phi) is 6.29. The number of aromatic nitrogens is 2. The highest BCUT2D eigenvalue weighted by Crippen LogP contribution is 2.35. The van der Waals surface area contributed by atoms with Crippen molar-refractivity contribution >= 4 is 44.7 Å². The molecule has 0 saturated heterocycles. The van der Waals surface area contributed by atoms with Crippen molar-refractivity contribution in [3.05, 3.63) is 78.6 Å². The highest BCUT2D eigenvalue weighted by molar-refractivity contribution is 7.80. The van der Waals surface area contributed by atoms with E-state index in [1.165, 1.54) is 11.1 Å². The second-order valence-electron chi connectivity index (χ2n) is 6.51. The fraction of sp³-hybridized carbons (Fsp3) is 0.136. The van der Waals surface area contributed by atoms with E-state index in [1.54, 1.807) is 17.7 Å². The predicted octanol–water partition coefficient (Wildman–Crippen LogP) is 4.78. The molecule has 0 atom stereocenters. The van der Waals surface area contributed by atoms with Gasteiger partial charge < -0.3 is 5.32 Å². The highest BCUT2D eigenvalue weighted by atomic mass is 32.1. The van der Waals surface area contributed by atoms with E-state index in [2.05, 4.69) is 68.6 Å². The van der Waals surface area contributed by atoms with Gasteiger partial charge in [-0.2, -0.15) is 0 Å². The van der Waals surface area contributed by atoms with E-state index in [1.807, 2.05) is 24.3 Å². The molecule has 0 saturated carbocycles. The van der Waals surface area contributed by atoms with E-state index in [-0.39, 0.29) is 0 Å². The normalized spacial score (nSPS) is 10.6. The van der Waals surface area contributed by atoms with Gasteiger partial charge in [0, 0.05) is 11.4 Å². The molecule has 2 heterocycles. The minimum absolute atomic E-state index is 0.546. The molecule has 4 aromatic rings. The number of hydrazine groups is 1. The third-order valence-corrected chi connectivity index (χ3v) is 5.86. The second-order valence-corrected chi connectivity index (χ2v) is 7.97.